The van der Waals surface area contributed by atoms with E-state index in [4.69, 9.17) is 22.1 Å². The van der Waals surface area contributed by atoms with Crippen LogP contribution in [0.5, 0.6) is 11.5 Å². The summed E-state index contributed by atoms with van der Waals surface area (Å²) in [7, 11) is 0. The van der Waals surface area contributed by atoms with Crippen molar-refractivity contribution in [3.63, 3.8) is 0 Å². The van der Waals surface area contributed by atoms with E-state index in [0.717, 1.165) is 17.4 Å². The lowest BCUT2D eigenvalue weighted by Gasteiger charge is -2.13. The minimum atomic E-state index is -0.339. The van der Waals surface area contributed by atoms with Crippen molar-refractivity contribution in [3.05, 3.63) is 52.5 Å². The van der Waals surface area contributed by atoms with E-state index in [1.54, 1.807) is 18.2 Å². The van der Waals surface area contributed by atoms with Gasteiger partial charge in [-0.3, -0.25) is 5.32 Å². The van der Waals surface area contributed by atoms with Crippen molar-refractivity contribution >= 4 is 23.6 Å². The predicted molar refractivity (Wildman–Crippen MR) is 78.0 cm³/mol. The Kier molecular flexibility index (Phi) is 3.34. The summed E-state index contributed by atoms with van der Waals surface area (Å²) in [5, 5.41) is 3.56. The fourth-order valence-corrected chi connectivity index (χ4v) is 2.57. The standard InChI is InChI=1S/C15H13ClN2O2/c16-11-6-10(17)4-5-13(11)20-14-3-1-2-9-7-18-12(8-19)15(9)14/h1-6,8,12,18H,7,17H2. The van der Waals surface area contributed by atoms with Gasteiger partial charge in [0, 0.05) is 17.8 Å². The van der Waals surface area contributed by atoms with Gasteiger partial charge in [-0.25, -0.2) is 0 Å². The molecule has 0 saturated carbocycles. The highest BCUT2D eigenvalue weighted by Crippen LogP contribution is 2.37. The zero-order valence-corrected chi connectivity index (χ0v) is 11.4. The van der Waals surface area contributed by atoms with Gasteiger partial charge in [-0.2, -0.15) is 0 Å². The molecular formula is C15H13ClN2O2. The zero-order valence-electron chi connectivity index (χ0n) is 10.6. The third-order valence-corrected chi connectivity index (χ3v) is 3.59. The molecule has 1 unspecified atom stereocenters. The molecule has 0 saturated heterocycles. The fourth-order valence-electron chi connectivity index (χ4n) is 2.34. The van der Waals surface area contributed by atoms with Crippen LogP contribution in [0.15, 0.2) is 36.4 Å². The number of anilines is 1. The number of ether oxygens (including phenoxy) is 1. The Morgan fingerprint density at radius 2 is 2.15 bits per heavy atom. The van der Waals surface area contributed by atoms with Crippen LogP contribution < -0.4 is 15.8 Å². The molecule has 1 aliphatic heterocycles. The quantitative estimate of drug-likeness (QED) is 0.673. The van der Waals surface area contributed by atoms with Crippen molar-refractivity contribution in [1.82, 2.24) is 5.32 Å². The molecule has 2 aromatic rings. The number of aldehydes is 1. The minimum Gasteiger partial charge on any atom is -0.455 e. The fraction of sp³-hybridized carbons (Fsp3) is 0.133. The number of carbonyl (C=O) groups is 1. The Labute approximate surface area is 121 Å². The van der Waals surface area contributed by atoms with Crippen LogP contribution in [0.25, 0.3) is 0 Å². The molecule has 0 spiro atoms. The molecule has 20 heavy (non-hydrogen) atoms. The Morgan fingerprint density at radius 1 is 1.30 bits per heavy atom. The van der Waals surface area contributed by atoms with E-state index in [0.29, 0.717) is 28.8 Å². The number of halogens is 1. The predicted octanol–water partition coefficient (Wildman–Crippen LogP) is 3.06. The molecule has 3 rings (SSSR count). The van der Waals surface area contributed by atoms with E-state index >= 15 is 0 Å². The number of nitrogens with one attached hydrogen (secondary N) is 1. The number of carbonyl (C=O) groups excluding carboxylic acids is 1. The van der Waals surface area contributed by atoms with Crippen LogP contribution >= 0.6 is 11.6 Å². The van der Waals surface area contributed by atoms with Gasteiger partial charge >= 0.3 is 0 Å². The molecule has 1 heterocycles. The lowest BCUT2D eigenvalue weighted by Crippen LogP contribution is -2.13. The molecule has 3 N–H and O–H groups in total. The zero-order chi connectivity index (χ0) is 14.1. The van der Waals surface area contributed by atoms with Gasteiger partial charge in [-0.15, -0.1) is 0 Å². The second kappa shape index (κ2) is 5.15. The first kappa shape index (κ1) is 13.0. The average Bonchev–Trinajstić information content (AvgIpc) is 2.86. The van der Waals surface area contributed by atoms with E-state index in [-0.39, 0.29) is 6.04 Å². The minimum absolute atomic E-state index is 0.339. The topological polar surface area (TPSA) is 64.3 Å². The largest absolute Gasteiger partial charge is 0.455 e. The highest BCUT2D eigenvalue weighted by molar-refractivity contribution is 6.32. The SMILES string of the molecule is Nc1ccc(Oc2cccc3c2C(C=O)NC3)c(Cl)c1. The van der Waals surface area contributed by atoms with Gasteiger partial charge in [0.15, 0.2) is 0 Å². The number of benzene rings is 2. The van der Waals surface area contributed by atoms with Crippen molar-refractivity contribution in [1.29, 1.82) is 0 Å². The van der Waals surface area contributed by atoms with Gasteiger partial charge in [-0.1, -0.05) is 23.7 Å². The van der Waals surface area contributed by atoms with Crippen LogP contribution in [0, 0.1) is 0 Å². The van der Waals surface area contributed by atoms with Gasteiger partial charge in [0.1, 0.15) is 17.8 Å². The van der Waals surface area contributed by atoms with E-state index in [9.17, 15) is 4.79 Å². The van der Waals surface area contributed by atoms with E-state index < -0.39 is 0 Å². The van der Waals surface area contributed by atoms with Crippen LogP contribution in [0.4, 0.5) is 5.69 Å². The van der Waals surface area contributed by atoms with Crippen LogP contribution in [-0.2, 0) is 11.3 Å². The highest BCUT2D eigenvalue weighted by atomic mass is 35.5. The van der Waals surface area contributed by atoms with Crippen molar-refractivity contribution in [2.24, 2.45) is 0 Å². The molecule has 0 aliphatic carbocycles. The maximum atomic E-state index is 11.1. The van der Waals surface area contributed by atoms with Gasteiger partial charge < -0.3 is 15.3 Å². The summed E-state index contributed by atoms with van der Waals surface area (Å²) >= 11 is 6.11. The molecular weight excluding hydrogens is 276 g/mol. The summed E-state index contributed by atoms with van der Waals surface area (Å²) in [6.07, 6.45) is 0.878. The molecule has 4 nitrogen and oxygen atoms in total. The van der Waals surface area contributed by atoms with E-state index in [1.807, 2.05) is 18.2 Å². The van der Waals surface area contributed by atoms with E-state index in [1.165, 1.54) is 0 Å². The molecule has 0 aromatic heterocycles. The third-order valence-electron chi connectivity index (χ3n) is 3.29. The summed E-state index contributed by atoms with van der Waals surface area (Å²) < 4.78 is 5.85. The van der Waals surface area contributed by atoms with Crippen LogP contribution in [-0.4, -0.2) is 6.29 Å². The number of nitrogens with two attached hydrogens (primary N) is 1. The van der Waals surface area contributed by atoms with Gasteiger partial charge in [0.2, 0.25) is 0 Å². The normalized spacial score (nSPS) is 16.8. The number of hydrogen-bond acceptors (Lipinski definition) is 4. The summed E-state index contributed by atoms with van der Waals surface area (Å²) in [5.41, 5.74) is 8.17. The van der Waals surface area contributed by atoms with Crippen molar-refractivity contribution in [3.8, 4) is 11.5 Å². The van der Waals surface area contributed by atoms with Crippen LogP contribution in [0.1, 0.15) is 17.2 Å². The van der Waals surface area contributed by atoms with Crippen molar-refractivity contribution < 1.29 is 9.53 Å². The molecule has 0 fully saturated rings. The Bertz CT molecular complexity index is 673. The summed E-state index contributed by atoms with van der Waals surface area (Å²) in [4.78, 5) is 11.1. The van der Waals surface area contributed by atoms with Crippen LogP contribution in [0.2, 0.25) is 5.02 Å². The molecule has 0 radical (unpaired) electrons. The Hall–Kier alpha value is -2.04. The molecule has 0 bridgehead atoms. The van der Waals surface area contributed by atoms with Crippen molar-refractivity contribution in [2.45, 2.75) is 12.6 Å². The number of rotatable bonds is 3. The maximum Gasteiger partial charge on any atom is 0.146 e. The van der Waals surface area contributed by atoms with Crippen molar-refractivity contribution in [2.75, 3.05) is 5.73 Å². The summed E-state index contributed by atoms with van der Waals surface area (Å²) in [6.45, 7) is 0.658. The Morgan fingerprint density at radius 3 is 2.90 bits per heavy atom. The van der Waals surface area contributed by atoms with Gasteiger partial charge in [-0.05, 0) is 29.8 Å². The van der Waals surface area contributed by atoms with Gasteiger partial charge in [0.25, 0.3) is 0 Å². The first-order chi connectivity index (χ1) is 9.69. The highest BCUT2D eigenvalue weighted by Gasteiger charge is 2.25. The third kappa shape index (κ3) is 2.24. The maximum absolute atomic E-state index is 11.1. The molecule has 1 aliphatic rings. The monoisotopic (exact) mass is 288 g/mol. The summed E-state index contributed by atoms with van der Waals surface area (Å²) in [6, 6.07) is 10.4. The molecule has 5 heteroatoms. The number of nitrogen functional groups attached to an aromatic ring is 1. The average molecular weight is 289 g/mol. The smallest absolute Gasteiger partial charge is 0.146 e. The second-order valence-corrected chi connectivity index (χ2v) is 5.02. The van der Waals surface area contributed by atoms with Crippen LogP contribution in [0.3, 0.4) is 0 Å². The lowest BCUT2D eigenvalue weighted by atomic mass is 10.0. The molecule has 2 aromatic carbocycles. The molecule has 102 valence electrons. The molecule has 1 atom stereocenters. The number of hydrogen-bond donors (Lipinski definition) is 2. The first-order valence-corrected chi connectivity index (χ1v) is 6.60. The first-order valence-electron chi connectivity index (χ1n) is 6.22. The lowest BCUT2D eigenvalue weighted by molar-refractivity contribution is -0.109. The Balaban J connectivity index is 2.00. The molecule has 0 amide bonds. The second-order valence-electron chi connectivity index (χ2n) is 4.62. The van der Waals surface area contributed by atoms with Gasteiger partial charge in [0.05, 0.1) is 11.1 Å². The van der Waals surface area contributed by atoms with E-state index in [2.05, 4.69) is 5.32 Å². The number of fused-ring (bicyclic) bond motifs is 1. The summed E-state index contributed by atoms with van der Waals surface area (Å²) in [5.74, 6) is 1.15.